The van der Waals surface area contributed by atoms with Crippen molar-refractivity contribution in [1.82, 2.24) is 5.32 Å². The molecule has 0 saturated carbocycles. The summed E-state index contributed by atoms with van der Waals surface area (Å²) < 4.78 is 0. The van der Waals surface area contributed by atoms with Crippen LogP contribution in [0.3, 0.4) is 0 Å². The molecule has 0 aromatic heterocycles. The van der Waals surface area contributed by atoms with Crippen LogP contribution in [0.15, 0.2) is 36.4 Å². The van der Waals surface area contributed by atoms with E-state index in [-0.39, 0.29) is 0 Å². The molecule has 5 nitrogen and oxygen atoms in total. The summed E-state index contributed by atoms with van der Waals surface area (Å²) in [7, 11) is 2.02. The molecule has 0 radical (unpaired) electrons. The highest BCUT2D eigenvalue weighted by atomic mass is 16.4. The van der Waals surface area contributed by atoms with Crippen molar-refractivity contribution in [2.75, 3.05) is 7.05 Å². The van der Waals surface area contributed by atoms with Crippen molar-refractivity contribution in [3.8, 4) is 0 Å². The summed E-state index contributed by atoms with van der Waals surface area (Å²) >= 11 is 0. The van der Waals surface area contributed by atoms with Gasteiger partial charge in [-0.25, -0.2) is 9.59 Å². The summed E-state index contributed by atoms with van der Waals surface area (Å²) in [5.41, 5.74) is 2.91. The van der Waals surface area contributed by atoms with Crippen LogP contribution in [0.1, 0.15) is 44.2 Å². The molecule has 3 N–H and O–H groups in total. The minimum absolute atomic E-state index is 0.558. The fraction of sp³-hybridized carbons (Fsp3) is 0.474. The van der Waals surface area contributed by atoms with E-state index in [0.717, 1.165) is 6.42 Å². The summed E-state index contributed by atoms with van der Waals surface area (Å²) in [6, 6.07) is 9.68. The van der Waals surface area contributed by atoms with E-state index in [1.165, 1.54) is 36.8 Å². The lowest BCUT2D eigenvalue weighted by atomic mass is 10.0. The van der Waals surface area contributed by atoms with E-state index in [0.29, 0.717) is 18.2 Å². The minimum atomic E-state index is -1.26. The Morgan fingerprint density at radius 2 is 1.54 bits per heavy atom. The quantitative estimate of drug-likeness (QED) is 0.476. The Morgan fingerprint density at radius 3 is 1.96 bits per heavy atom. The maximum absolute atomic E-state index is 9.55. The molecule has 24 heavy (non-hydrogen) atoms. The van der Waals surface area contributed by atoms with Crippen LogP contribution in [0.25, 0.3) is 0 Å². The molecule has 0 bridgehead atoms. The molecule has 0 fully saturated rings. The third-order valence-corrected chi connectivity index (χ3v) is 3.50. The molecule has 1 atom stereocenters. The highest BCUT2D eigenvalue weighted by Gasteiger charge is 2.00. The molecule has 0 aliphatic heterocycles. The number of hydrogen-bond acceptors (Lipinski definition) is 3. The number of likely N-dealkylation sites (N-methyl/N-ethyl adjacent to an activating group) is 1. The maximum Gasteiger partial charge on any atom is 0.328 e. The van der Waals surface area contributed by atoms with E-state index in [1.54, 1.807) is 0 Å². The Balaban J connectivity index is 0.000000561. The zero-order chi connectivity index (χ0) is 18.4. The molecule has 1 rings (SSSR count). The molecule has 0 aliphatic carbocycles. The van der Waals surface area contributed by atoms with E-state index in [4.69, 9.17) is 10.2 Å². The molecule has 1 aromatic rings. The van der Waals surface area contributed by atoms with Gasteiger partial charge in [-0.05, 0) is 44.4 Å². The average Bonchev–Trinajstić information content (AvgIpc) is 2.55. The number of aryl methyl sites for hydroxylation is 1. The topological polar surface area (TPSA) is 86.6 Å². The second-order valence-electron chi connectivity index (χ2n) is 5.68. The van der Waals surface area contributed by atoms with Gasteiger partial charge < -0.3 is 15.5 Å². The van der Waals surface area contributed by atoms with Gasteiger partial charge in [0.2, 0.25) is 0 Å². The van der Waals surface area contributed by atoms with Gasteiger partial charge in [0.1, 0.15) is 0 Å². The standard InChI is InChI=1S/C15H25N.C4H4O4/c1-4-5-6-7-14-8-10-15(11-9-14)12-13(2)16-3;5-3(6)1-2-4(7)8/h8-11,13,16H,4-7,12H2,1-3H3;1-2H,(H,5,6)(H,7,8)/b;2-1+/t13-;/m1./s1. The molecule has 5 heteroatoms. The lowest BCUT2D eigenvalue weighted by Gasteiger charge is -2.10. The fourth-order valence-electron chi connectivity index (χ4n) is 2.02. The van der Waals surface area contributed by atoms with Gasteiger partial charge in [0.15, 0.2) is 0 Å². The number of carboxylic acid groups (broad SMARTS) is 2. The Morgan fingerprint density at radius 1 is 1.04 bits per heavy atom. The molecular weight excluding hydrogens is 306 g/mol. The molecule has 134 valence electrons. The second kappa shape index (κ2) is 13.3. The number of nitrogens with one attached hydrogen (secondary N) is 1. The van der Waals surface area contributed by atoms with E-state index < -0.39 is 11.9 Å². The number of unbranched alkanes of at least 4 members (excludes halogenated alkanes) is 2. The third kappa shape index (κ3) is 12.4. The molecule has 0 heterocycles. The Labute approximate surface area is 144 Å². The molecule has 0 aliphatic rings. The summed E-state index contributed by atoms with van der Waals surface area (Å²) in [5.74, 6) is -2.51. The van der Waals surface area contributed by atoms with Crippen LogP contribution in [0.5, 0.6) is 0 Å². The smallest absolute Gasteiger partial charge is 0.328 e. The SMILES string of the molecule is CCCCCc1ccc(C[C@@H](C)NC)cc1.O=C(O)/C=C/C(=O)O. The lowest BCUT2D eigenvalue weighted by Crippen LogP contribution is -2.23. The van der Waals surface area contributed by atoms with Gasteiger partial charge in [-0.3, -0.25) is 0 Å². The Bertz CT molecular complexity index is 493. The Kier molecular flexibility index (Phi) is 12.1. The summed E-state index contributed by atoms with van der Waals surface area (Å²) in [6.07, 6.45) is 7.44. The molecule has 0 amide bonds. The normalized spacial score (nSPS) is 11.6. The fourth-order valence-corrected chi connectivity index (χ4v) is 2.02. The summed E-state index contributed by atoms with van der Waals surface area (Å²) in [6.45, 7) is 4.47. The predicted molar refractivity (Wildman–Crippen MR) is 96.3 cm³/mol. The number of benzene rings is 1. The number of hydrogen-bond donors (Lipinski definition) is 3. The molecule has 0 saturated heterocycles. The van der Waals surface area contributed by atoms with E-state index in [1.807, 2.05) is 7.05 Å². The first kappa shape index (κ1) is 21.9. The van der Waals surface area contributed by atoms with Crippen molar-refractivity contribution in [2.45, 2.75) is 52.0 Å². The van der Waals surface area contributed by atoms with E-state index in [2.05, 4.69) is 43.4 Å². The van der Waals surface area contributed by atoms with Crippen molar-refractivity contribution in [3.05, 3.63) is 47.5 Å². The maximum atomic E-state index is 9.55. The number of aliphatic carboxylic acids is 2. The lowest BCUT2D eigenvalue weighted by molar-refractivity contribution is -0.134. The van der Waals surface area contributed by atoms with Crippen LogP contribution in [-0.4, -0.2) is 35.2 Å². The molecular formula is C19H29NO4. The van der Waals surface area contributed by atoms with Crippen LogP contribution in [0.2, 0.25) is 0 Å². The van der Waals surface area contributed by atoms with Crippen molar-refractivity contribution in [1.29, 1.82) is 0 Å². The number of carbonyl (C=O) groups is 2. The largest absolute Gasteiger partial charge is 0.478 e. The van der Waals surface area contributed by atoms with Crippen molar-refractivity contribution in [3.63, 3.8) is 0 Å². The van der Waals surface area contributed by atoms with Crippen molar-refractivity contribution >= 4 is 11.9 Å². The van der Waals surface area contributed by atoms with Crippen LogP contribution in [0, 0.1) is 0 Å². The van der Waals surface area contributed by atoms with Crippen LogP contribution >= 0.6 is 0 Å². The molecule has 1 aromatic carbocycles. The summed E-state index contributed by atoms with van der Waals surface area (Å²) in [4.78, 5) is 19.1. The van der Waals surface area contributed by atoms with Gasteiger partial charge in [-0.1, -0.05) is 44.0 Å². The van der Waals surface area contributed by atoms with E-state index >= 15 is 0 Å². The Hall–Kier alpha value is -2.14. The number of carboxylic acids is 2. The molecule has 0 unspecified atom stereocenters. The van der Waals surface area contributed by atoms with E-state index in [9.17, 15) is 9.59 Å². The third-order valence-electron chi connectivity index (χ3n) is 3.50. The molecule has 0 spiro atoms. The van der Waals surface area contributed by atoms with Gasteiger partial charge in [0, 0.05) is 18.2 Å². The van der Waals surface area contributed by atoms with Crippen molar-refractivity contribution in [2.24, 2.45) is 0 Å². The highest BCUT2D eigenvalue weighted by molar-refractivity contribution is 5.89. The van der Waals surface area contributed by atoms with Crippen LogP contribution in [0.4, 0.5) is 0 Å². The average molecular weight is 335 g/mol. The van der Waals surface area contributed by atoms with Gasteiger partial charge in [-0.2, -0.15) is 0 Å². The van der Waals surface area contributed by atoms with Gasteiger partial charge in [0.05, 0.1) is 0 Å². The van der Waals surface area contributed by atoms with Crippen molar-refractivity contribution < 1.29 is 19.8 Å². The zero-order valence-corrected chi connectivity index (χ0v) is 14.8. The van der Waals surface area contributed by atoms with Gasteiger partial charge >= 0.3 is 11.9 Å². The minimum Gasteiger partial charge on any atom is -0.478 e. The first-order chi connectivity index (χ1) is 11.4. The monoisotopic (exact) mass is 335 g/mol. The first-order valence-electron chi connectivity index (χ1n) is 8.28. The second-order valence-corrected chi connectivity index (χ2v) is 5.68. The summed E-state index contributed by atoms with van der Waals surface area (Å²) in [5, 5.41) is 18.9. The van der Waals surface area contributed by atoms with Crippen LogP contribution < -0.4 is 5.32 Å². The van der Waals surface area contributed by atoms with Crippen LogP contribution in [-0.2, 0) is 22.4 Å². The zero-order valence-electron chi connectivity index (χ0n) is 14.8. The number of rotatable bonds is 9. The highest BCUT2D eigenvalue weighted by Crippen LogP contribution is 2.10. The first-order valence-corrected chi connectivity index (χ1v) is 8.28. The predicted octanol–water partition coefficient (Wildman–Crippen LogP) is 3.28. The van der Waals surface area contributed by atoms with Gasteiger partial charge in [-0.15, -0.1) is 0 Å². The van der Waals surface area contributed by atoms with Gasteiger partial charge in [0.25, 0.3) is 0 Å².